The summed E-state index contributed by atoms with van der Waals surface area (Å²) in [5.74, 6) is -0.339. The summed E-state index contributed by atoms with van der Waals surface area (Å²) in [5.41, 5.74) is 0.166. The quantitative estimate of drug-likeness (QED) is 0.891. The average molecular weight is 301 g/mol. The van der Waals surface area contributed by atoms with Crippen molar-refractivity contribution in [3.05, 3.63) is 22.3 Å². The van der Waals surface area contributed by atoms with E-state index in [1.54, 1.807) is 0 Å². The third-order valence-electron chi connectivity index (χ3n) is 2.61. The Morgan fingerprint density at radius 3 is 3.12 bits per heavy atom. The first-order valence-electron chi connectivity index (χ1n) is 5.41. The van der Waals surface area contributed by atoms with E-state index in [0.717, 1.165) is 19.4 Å². The standard InChI is InChI=1S/C11H13BrN2O3/c12-9-4-7(11(15)16)5-13-10(9)14-6-8-2-1-3-17-8/h4-5,8H,1-3,6H2,(H,13,14)(H,15,16). The monoisotopic (exact) mass is 300 g/mol. The van der Waals surface area contributed by atoms with Crippen LogP contribution in [0.3, 0.4) is 0 Å². The number of nitrogens with one attached hydrogen (secondary N) is 1. The summed E-state index contributed by atoms with van der Waals surface area (Å²) in [6, 6.07) is 1.53. The van der Waals surface area contributed by atoms with Crippen molar-refractivity contribution in [2.24, 2.45) is 0 Å². The van der Waals surface area contributed by atoms with Crippen LogP contribution in [-0.4, -0.2) is 35.3 Å². The summed E-state index contributed by atoms with van der Waals surface area (Å²) in [6.45, 7) is 1.51. The minimum Gasteiger partial charge on any atom is -0.478 e. The van der Waals surface area contributed by atoms with Crippen LogP contribution in [0.25, 0.3) is 0 Å². The highest BCUT2D eigenvalue weighted by molar-refractivity contribution is 9.10. The molecule has 2 N–H and O–H groups in total. The van der Waals surface area contributed by atoms with Crippen LogP contribution in [0.2, 0.25) is 0 Å². The number of carboxylic acids is 1. The molecule has 1 aliphatic rings. The first kappa shape index (κ1) is 12.3. The van der Waals surface area contributed by atoms with Gasteiger partial charge in [0.05, 0.1) is 16.1 Å². The number of aromatic carboxylic acids is 1. The lowest BCUT2D eigenvalue weighted by molar-refractivity contribution is 0.0696. The van der Waals surface area contributed by atoms with Crippen molar-refractivity contribution in [2.75, 3.05) is 18.5 Å². The van der Waals surface area contributed by atoms with Gasteiger partial charge in [-0.1, -0.05) is 0 Å². The van der Waals surface area contributed by atoms with Crippen LogP contribution in [0.4, 0.5) is 5.82 Å². The average Bonchev–Trinajstić information content (AvgIpc) is 2.80. The zero-order chi connectivity index (χ0) is 12.3. The first-order valence-corrected chi connectivity index (χ1v) is 6.20. The highest BCUT2D eigenvalue weighted by atomic mass is 79.9. The number of carbonyl (C=O) groups is 1. The molecule has 1 unspecified atom stereocenters. The van der Waals surface area contributed by atoms with Crippen molar-refractivity contribution in [1.82, 2.24) is 4.98 Å². The molecule has 2 rings (SSSR count). The van der Waals surface area contributed by atoms with Gasteiger partial charge in [0.15, 0.2) is 0 Å². The van der Waals surface area contributed by atoms with Gasteiger partial charge in [0.25, 0.3) is 0 Å². The molecule has 6 heteroatoms. The molecule has 1 aliphatic heterocycles. The Morgan fingerprint density at radius 2 is 2.53 bits per heavy atom. The third kappa shape index (κ3) is 3.17. The normalized spacial score (nSPS) is 19.2. The summed E-state index contributed by atoms with van der Waals surface area (Å²) in [4.78, 5) is 14.8. The molecule has 1 fully saturated rings. The maximum absolute atomic E-state index is 10.7. The predicted octanol–water partition coefficient (Wildman–Crippen LogP) is 2.13. The molecule has 5 nitrogen and oxygen atoms in total. The second kappa shape index (κ2) is 5.46. The van der Waals surface area contributed by atoms with E-state index in [4.69, 9.17) is 9.84 Å². The van der Waals surface area contributed by atoms with Crippen LogP contribution in [0.15, 0.2) is 16.7 Å². The molecule has 0 radical (unpaired) electrons. The molecular formula is C11H13BrN2O3. The Morgan fingerprint density at radius 1 is 1.71 bits per heavy atom. The van der Waals surface area contributed by atoms with Crippen LogP contribution in [-0.2, 0) is 4.74 Å². The molecule has 92 valence electrons. The summed E-state index contributed by atoms with van der Waals surface area (Å²) < 4.78 is 6.13. The molecule has 0 spiro atoms. The first-order chi connectivity index (χ1) is 8.16. The molecule has 0 aliphatic carbocycles. The molecule has 0 amide bonds. The molecule has 2 heterocycles. The molecule has 17 heavy (non-hydrogen) atoms. The lowest BCUT2D eigenvalue weighted by atomic mass is 10.2. The number of pyridine rings is 1. The second-order valence-electron chi connectivity index (χ2n) is 3.88. The minimum absolute atomic E-state index is 0.166. The van der Waals surface area contributed by atoms with Gasteiger partial charge in [-0.2, -0.15) is 0 Å². The number of nitrogens with zero attached hydrogens (tertiary/aromatic N) is 1. The Balaban J connectivity index is 1.98. The number of hydrogen-bond donors (Lipinski definition) is 2. The van der Waals surface area contributed by atoms with Gasteiger partial charge < -0.3 is 15.2 Å². The topological polar surface area (TPSA) is 71.5 Å². The van der Waals surface area contributed by atoms with E-state index in [-0.39, 0.29) is 11.7 Å². The second-order valence-corrected chi connectivity index (χ2v) is 4.73. The van der Waals surface area contributed by atoms with Gasteiger partial charge in [0, 0.05) is 19.3 Å². The number of anilines is 1. The van der Waals surface area contributed by atoms with Crippen molar-refractivity contribution in [2.45, 2.75) is 18.9 Å². The third-order valence-corrected chi connectivity index (χ3v) is 3.21. The van der Waals surface area contributed by atoms with Crippen LogP contribution < -0.4 is 5.32 Å². The van der Waals surface area contributed by atoms with E-state index in [0.29, 0.717) is 16.8 Å². The number of halogens is 1. The Hall–Kier alpha value is -1.14. The van der Waals surface area contributed by atoms with Gasteiger partial charge in [-0.3, -0.25) is 0 Å². The molecule has 1 aromatic heterocycles. The highest BCUT2D eigenvalue weighted by Crippen LogP contribution is 2.21. The maximum atomic E-state index is 10.7. The van der Waals surface area contributed by atoms with E-state index >= 15 is 0 Å². The fourth-order valence-electron chi connectivity index (χ4n) is 1.70. The largest absolute Gasteiger partial charge is 0.478 e. The van der Waals surface area contributed by atoms with Crippen molar-refractivity contribution in [1.29, 1.82) is 0 Å². The fraction of sp³-hybridized carbons (Fsp3) is 0.455. The van der Waals surface area contributed by atoms with Gasteiger partial charge >= 0.3 is 5.97 Å². The van der Waals surface area contributed by atoms with Crippen LogP contribution >= 0.6 is 15.9 Å². The van der Waals surface area contributed by atoms with Crippen molar-refractivity contribution in [3.8, 4) is 0 Å². The van der Waals surface area contributed by atoms with Gasteiger partial charge in [0.1, 0.15) is 5.82 Å². The Bertz CT molecular complexity index is 419. The van der Waals surface area contributed by atoms with Gasteiger partial charge in [-0.25, -0.2) is 9.78 Å². The zero-order valence-corrected chi connectivity index (χ0v) is 10.7. The summed E-state index contributed by atoms with van der Waals surface area (Å²) >= 11 is 3.30. The molecular weight excluding hydrogens is 288 g/mol. The fourth-order valence-corrected chi connectivity index (χ4v) is 2.19. The van der Waals surface area contributed by atoms with Gasteiger partial charge in [-0.15, -0.1) is 0 Å². The molecule has 0 saturated carbocycles. The lowest BCUT2D eigenvalue weighted by Crippen LogP contribution is -2.19. The van der Waals surface area contributed by atoms with E-state index in [1.807, 2.05) is 0 Å². The number of rotatable bonds is 4. The summed E-state index contributed by atoms with van der Waals surface area (Å²) in [7, 11) is 0. The molecule has 0 aromatic carbocycles. The molecule has 1 aromatic rings. The van der Waals surface area contributed by atoms with Crippen LogP contribution in [0.5, 0.6) is 0 Å². The Labute approximate surface area is 107 Å². The lowest BCUT2D eigenvalue weighted by Gasteiger charge is -2.12. The highest BCUT2D eigenvalue weighted by Gasteiger charge is 2.16. The number of carboxylic acid groups (broad SMARTS) is 1. The summed E-state index contributed by atoms with van der Waals surface area (Å²) in [6.07, 6.45) is 3.71. The molecule has 1 saturated heterocycles. The van der Waals surface area contributed by atoms with E-state index in [9.17, 15) is 4.79 Å². The number of hydrogen-bond acceptors (Lipinski definition) is 4. The smallest absolute Gasteiger partial charge is 0.337 e. The van der Waals surface area contributed by atoms with E-state index in [1.165, 1.54) is 12.3 Å². The van der Waals surface area contributed by atoms with Crippen molar-refractivity contribution in [3.63, 3.8) is 0 Å². The minimum atomic E-state index is -0.983. The van der Waals surface area contributed by atoms with Crippen LogP contribution in [0, 0.1) is 0 Å². The zero-order valence-electron chi connectivity index (χ0n) is 9.15. The van der Waals surface area contributed by atoms with Crippen molar-refractivity contribution >= 4 is 27.7 Å². The van der Waals surface area contributed by atoms with E-state index < -0.39 is 5.97 Å². The van der Waals surface area contributed by atoms with E-state index in [2.05, 4.69) is 26.2 Å². The summed E-state index contributed by atoms with van der Waals surface area (Å²) in [5, 5.41) is 11.9. The van der Waals surface area contributed by atoms with Crippen molar-refractivity contribution < 1.29 is 14.6 Å². The predicted molar refractivity (Wildman–Crippen MR) is 66.4 cm³/mol. The number of ether oxygens (including phenoxy) is 1. The van der Waals surface area contributed by atoms with Gasteiger partial charge in [0.2, 0.25) is 0 Å². The Kier molecular flexibility index (Phi) is 3.96. The SMILES string of the molecule is O=C(O)c1cnc(NCC2CCCO2)c(Br)c1. The molecule has 1 atom stereocenters. The maximum Gasteiger partial charge on any atom is 0.337 e. The number of aromatic nitrogens is 1. The van der Waals surface area contributed by atoms with Gasteiger partial charge in [-0.05, 0) is 34.8 Å². The van der Waals surface area contributed by atoms with Crippen LogP contribution in [0.1, 0.15) is 23.2 Å². The molecule has 0 bridgehead atoms.